The van der Waals surface area contributed by atoms with Gasteiger partial charge in [-0.25, -0.2) is 4.39 Å². The lowest BCUT2D eigenvalue weighted by atomic mass is 10.0. The predicted octanol–water partition coefficient (Wildman–Crippen LogP) is 1.86. The molecule has 0 radical (unpaired) electrons. The Morgan fingerprint density at radius 3 is 2.39 bits per heavy atom. The summed E-state index contributed by atoms with van der Waals surface area (Å²) >= 11 is 0. The maximum Gasteiger partial charge on any atom is 0.256 e. The fraction of sp³-hybridized carbons (Fsp3) is 0.448. The van der Waals surface area contributed by atoms with Crippen molar-refractivity contribution in [3.05, 3.63) is 52.1 Å². The second kappa shape index (κ2) is 12.2. The highest BCUT2D eigenvalue weighted by Gasteiger charge is 2.31. The van der Waals surface area contributed by atoms with Crippen molar-refractivity contribution in [2.75, 3.05) is 57.9 Å². The van der Waals surface area contributed by atoms with Gasteiger partial charge in [0.05, 0.1) is 37.6 Å². The number of halogens is 1. The highest BCUT2D eigenvalue weighted by Crippen LogP contribution is 2.34. The van der Waals surface area contributed by atoms with Crippen molar-refractivity contribution in [3.8, 4) is 0 Å². The lowest BCUT2D eigenvalue weighted by molar-refractivity contribution is -0.138. The zero-order valence-corrected chi connectivity index (χ0v) is 23.2. The fourth-order valence-corrected chi connectivity index (χ4v) is 5.44. The van der Waals surface area contributed by atoms with E-state index in [-0.39, 0.29) is 36.1 Å². The van der Waals surface area contributed by atoms with E-state index in [0.717, 1.165) is 0 Å². The van der Waals surface area contributed by atoms with E-state index in [1.165, 1.54) is 18.2 Å². The van der Waals surface area contributed by atoms with E-state index >= 15 is 0 Å². The summed E-state index contributed by atoms with van der Waals surface area (Å²) in [7, 11) is 0. The molecule has 4 amide bonds. The summed E-state index contributed by atoms with van der Waals surface area (Å²) in [5.41, 5.74) is 3.21. The van der Waals surface area contributed by atoms with Gasteiger partial charge in [0.2, 0.25) is 11.8 Å². The molecule has 3 aliphatic rings. The number of aromatic amines is 1. The number of anilines is 1. The van der Waals surface area contributed by atoms with Crippen molar-refractivity contribution in [2.24, 2.45) is 0 Å². The Balaban J connectivity index is 1.36. The van der Waals surface area contributed by atoms with E-state index in [0.29, 0.717) is 86.4 Å². The first-order valence-corrected chi connectivity index (χ1v) is 13.8. The number of nitrogens with one attached hydrogen (secondary N) is 3. The molecule has 1 unspecified atom stereocenters. The van der Waals surface area contributed by atoms with E-state index in [4.69, 9.17) is 9.47 Å². The van der Waals surface area contributed by atoms with E-state index in [9.17, 15) is 23.6 Å². The van der Waals surface area contributed by atoms with Crippen LogP contribution in [0, 0.1) is 19.7 Å². The van der Waals surface area contributed by atoms with Gasteiger partial charge in [0.1, 0.15) is 11.9 Å². The summed E-state index contributed by atoms with van der Waals surface area (Å²) in [5.74, 6) is -1.64. The van der Waals surface area contributed by atoms with Crippen molar-refractivity contribution in [1.82, 2.24) is 20.1 Å². The smallest absolute Gasteiger partial charge is 0.256 e. The Kier molecular flexibility index (Phi) is 8.50. The molecule has 5 rings (SSSR count). The molecule has 4 heterocycles. The zero-order valence-electron chi connectivity index (χ0n) is 23.2. The van der Waals surface area contributed by atoms with Crippen LogP contribution in [0.25, 0.3) is 11.6 Å². The van der Waals surface area contributed by atoms with Crippen molar-refractivity contribution in [1.29, 1.82) is 0 Å². The molecule has 41 heavy (non-hydrogen) atoms. The molecular formula is C29H34FN5O6. The van der Waals surface area contributed by atoms with Gasteiger partial charge in [-0.05, 0) is 50.1 Å². The fourth-order valence-electron chi connectivity index (χ4n) is 5.44. The molecule has 0 bridgehead atoms. The second-order valence-corrected chi connectivity index (χ2v) is 10.4. The molecule has 2 saturated heterocycles. The number of ether oxygens (including phenoxy) is 2. The van der Waals surface area contributed by atoms with Crippen molar-refractivity contribution < 1.29 is 33.0 Å². The number of morpholine rings is 2. The average Bonchev–Trinajstić information content (AvgIpc) is 3.44. The number of aromatic nitrogens is 1. The van der Waals surface area contributed by atoms with Crippen LogP contribution in [0.15, 0.2) is 18.2 Å². The molecule has 1 aromatic carbocycles. The summed E-state index contributed by atoms with van der Waals surface area (Å²) in [6.45, 7) is 7.07. The van der Waals surface area contributed by atoms with Gasteiger partial charge in [0.25, 0.3) is 11.8 Å². The van der Waals surface area contributed by atoms with E-state index < -0.39 is 17.8 Å². The summed E-state index contributed by atoms with van der Waals surface area (Å²) in [5, 5.41) is 5.59. The maximum atomic E-state index is 13.9. The minimum Gasteiger partial charge on any atom is -0.378 e. The predicted molar refractivity (Wildman–Crippen MR) is 148 cm³/mol. The molecule has 11 nitrogen and oxygen atoms in total. The van der Waals surface area contributed by atoms with Gasteiger partial charge in [-0.3, -0.25) is 19.2 Å². The third-order valence-corrected chi connectivity index (χ3v) is 7.69. The molecule has 2 aromatic rings. The van der Waals surface area contributed by atoms with E-state index in [1.807, 2.05) is 0 Å². The summed E-state index contributed by atoms with van der Waals surface area (Å²) < 4.78 is 24.6. The summed E-state index contributed by atoms with van der Waals surface area (Å²) in [6.07, 6.45) is 1.85. The first-order valence-electron chi connectivity index (χ1n) is 13.8. The van der Waals surface area contributed by atoms with Gasteiger partial charge < -0.3 is 34.9 Å². The number of nitrogens with zero attached hydrogens (tertiary/aromatic N) is 2. The van der Waals surface area contributed by atoms with Crippen LogP contribution in [0.2, 0.25) is 0 Å². The Morgan fingerprint density at radius 1 is 1.05 bits per heavy atom. The summed E-state index contributed by atoms with van der Waals surface area (Å²) in [4.78, 5) is 59.0. The number of H-pyrrole nitrogens is 1. The molecule has 1 aromatic heterocycles. The third-order valence-electron chi connectivity index (χ3n) is 7.69. The minimum atomic E-state index is -0.906. The van der Waals surface area contributed by atoms with Crippen molar-refractivity contribution in [3.63, 3.8) is 0 Å². The molecule has 1 atom stereocenters. The SMILES string of the molecule is Cc1[nH]c(/C=C2\C(=O)Nc3ccc(F)cc32)c(C)c1C(=O)NC(CCC(=O)N1CCOCC1)C(=O)N1CCOCC1. The minimum absolute atomic E-state index is 0.0863. The van der Waals surface area contributed by atoms with Gasteiger partial charge in [0, 0.05) is 55.2 Å². The average molecular weight is 568 g/mol. The number of hydrogen-bond donors (Lipinski definition) is 3. The Labute approximate surface area is 237 Å². The van der Waals surface area contributed by atoms with Gasteiger partial charge in [-0.2, -0.15) is 0 Å². The standard InChI is InChI=1S/C29H34FN5O6/c1-17-24(16-21-20-15-19(30)3-4-22(20)32-27(21)37)31-18(2)26(17)28(38)33-23(29(39)35-9-13-41-14-10-35)5-6-25(36)34-7-11-40-12-8-34/h3-4,15-16,23,31H,5-14H2,1-2H3,(H,32,37)(H,33,38)/b21-16-. The highest BCUT2D eigenvalue weighted by atomic mass is 19.1. The molecule has 2 fully saturated rings. The lowest BCUT2D eigenvalue weighted by Gasteiger charge is -2.31. The van der Waals surface area contributed by atoms with Crippen LogP contribution < -0.4 is 10.6 Å². The Bertz CT molecular complexity index is 1390. The van der Waals surface area contributed by atoms with Crippen molar-refractivity contribution in [2.45, 2.75) is 32.7 Å². The number of hydrogen-bond acceptors (Lipinski definition) is 6. The van der Waals surface area contributed by atoms with Crippen LogP contribution in [0.5, 0.6) is 0 Å². The molecule has 0 aliphatic carbocycles. The maximum absolute atomic E-state index is 13.9. The van der Waals surface area contributed by atoms with Gasteiger partial charge in [-0.1, -0.05) is 0 Å². The summed E-state index contributed by atoms with van der Waals surface area (Å²) in [6, 6.07) is 3.16. The molecule has 3 aliphatic heterocycles. The van der Waals surface area contributed by atoms with E-state index in [1.54, 1.807) is 29.7 Å². The van der Waals surface area contributed by atoms with Crippen LogP contribution in [0.1, 0.15) is 45.7 Å². The number of carbonyl (C=O) groups excluding carboxylic acids is 4. The molecule has 3 N–H and O–H groups in total. The first kappa shape index (κ1) is 28.5. The number of rotatable bonds is 7. The number of benzene rings is 1. The zero-order chi connectivity index (χ0) is 29.1. The molecule has 0 spiro atoms. The Morgan fingerprint density at radius 2 is 1.71 bits per heavy atom. The molecule has 0 saturated carbocycles. The van der Waals surface area contributed by atoms with Crippen LogP contribution in [-0.4, -0.2) is 97.1 Å². The van der Waals surface area contributed by atoms with Crippen LogP contribution >= 0.6 is 0 Å². The van der Waals surface area contributed by atoms with Crippen LogP contribution in [0.3, 0.4) is 0 Å². The molecular weight excluding hydrogens is 533 g/mol. The van der Waals surface area contributed by atoms with E-state index in [2.05, 4.69) is 15.6 Å². The van der Waals surface area contributed by atoms with Crippen molar-refractivity contribution >= 4 is 41.0 Å². The highest BCUT2D eigenvalue weighted by molar-refractivity contribution is 6.35. The second-order valence-electron chi connectivity index (χ2n) is 10.4. The van der Waals surface area contributed by atoms with Gasteiger partial charge in [-0.15, -0.1) is 0 Å². The normalized spacial score (nSPS) is 18.7. The molecule has 218 valence electrons. The van der Waals surface area contributed by atoms with Gasteiger partial charge in [0.15, 0.2) is 0 Å². The number of aryl methyl sites for hydroxylation is 1. The topological polar surface area (TPSA) is 133 Å². The third kappa shape index (κ3) is 6.18. The first-order chi connectivity index (χ1) is 19.7. The number of fused-ring (bicyclic) bond motifs is 1. The van der Waals surface area contributed by atoms with Crippen LogP contribution in [0.4, 0.5) is 10.1 Å². The lowest BCUT2D eigenvalue weighted by Crippen LogP contribution is -2.52. The van der Waals surface area contributed by atoms with Crippen LogP contribution in [-0.2, 0) is 23.9 Å². The number of carbonyl (C=O) groups is 4. The molecule has 12 heteroatoms. The largest absolute Gasteiger partial charge is 0.378 e. The Hall–Kier alpha value is -4.03. The monoisotopic (exact) mass is 567 g/mol. The quantitative estimate of drug-likeness (QED) is 0.438. The number of amides is 4. The van der Waals surface area contributed by atoms with Gasteiger partial charge >= 0.3 is 0 Å².